The second-order valence-corrected chi connectivity index (χ2v) is 5.05. The molecule has 1 aromatic carbocycles. The highest BCUT2D eigenvalue weighted by Crippen LogP contribution is 2.36. The summed E-state index contributed by atoms with van der Waals surface area (Å²) in [6, 6.07) is 7.79. The third-order valence-corrected chi connectivity index (χ3v) is 3.95. The van der Waals surface area contributed by atoms with E-state index in [1.807, 2.05) is 30.5 Å². The Morgan fingerprint density at radius 2 is 2.00 bits per heavy atom. The lowest BCUT2D eigenvalue weighted by atomic mass is 9.83. The molecule has 2 aromatic rings. The van der Waals surface area contributed by atoms with Gasteiger partial charge in [0.15, 0.2) is 0 Å². The van der Waals surface area contributed by atoms with Crippen molar-refractivity contribution in [2.24, 2.45) is 0 Å². The first-order valence-electron chi connectivity index (χ1n) is 6.37. The lowest BCUT2D eigenvalue weighted by Gasteiger charge is -2.37. The van der Waals surface area contributed by atoms with Gasteiger partial charge in [0.2, 0.25) is 0 Å². The molecule has 1 aliphatic rings. The largest absolute Gasteiger partial charge is 0.465 e. The molecule has 1 fully saturated rings. The Kier molecular flexibility index (Phi) is 2.71. The van der Waals surface area contributed by atoms with Crippen LogP contribution in [0.5, 0.6) is 0 Å². The van der Waals surface area contributed by atoms with Gasteiger partial charge in [-0.3, -0.25) is 0 Å². The van der Waals surface area contributed by atoms with Crippen molar-refractivity contribution in [2.45, 2.75) is 18.4 Å². The summed E-state index contributed by atoms with van der Waals surface area (Å²) in [4.78, 5) is 15.4. The number of H-pyrrole nitrogens is 1. The Morgan fingerprint density at radius 3 is 2.68 bits per heavy atom. The van der Waals surface area contributed by atoms with Gasteiger partial charge in [0.1, 0.15) is 0 Å². The molecule has 0 aliphatic carbocycles. The molecule has 0 saturated carbocycles. The highest BCUT2D eigenvalue weighted by Gasteiger charge is 2.36. The van der Waals surface area contributed by atoms with Crippen LogP contribution in [0.15, 0.2) is 30.5 Å². The monoisotopic (exact) mass is 260 g/mol. The highest BCUT2D eigenvalue weighted by atomic mass is 16.4. The van der Waals surface area contributed by atoms with Gasteiger partial charge in [-0.25, -0.2) is 4.79 Å². The van der Waals surface area contributed by atoms with Gasteiger partial charge in [-0.15, -0.1) is 0 Å². The number of aliphatic hydroxyl groups is 1. The first kappa shape index (κ1) is 12.0. The number of hydrogen-bond donors (Lipinski definition) is 3. The third kappa shape index (κ3) is 1.96. The summed E-state index contributed by atoms with van der Waals surface area (Å²) in [5.74, 6) is 0. The van der Waals surface area contributed by atoms with Crippen molar-refractivity contribution < 1.29 is 15.0 Å². The number of carboxylic acid groups (broad SMARTS) is 1. The number of para-hydroxylation sites is 1. The van der Waals surface area contributed by atoms with E-state index >= 15 is 0 Å². The Bertz CT molecular complexity index is 612. The number of carbonyl (C=O) groups is 1. The first-order valence-corrected chi connectivity index (χ1v) is 6.37. The number of piperidine rings is 1. The summed E-state index contributed by atoms with van der Waals surface area (Å²) in [7, 11) is 0. The number of nitrogens with one attached hydrogen (secondary N) is 1. The predicted octanol–water partition coefficient (Wildman–Crippen LogP) is 2.13. The lowest BCUT2D eigenvalue weighted by Crippen LogP contribution is -2.44. The number of amides is 1. The number of rotatable bonds is 1. The molecule has 0 bridgehead atoms. The second-order valence-electron chi connectivity index (χ2n) is 5.05. The molecule has 1 amide bonds. The number of aromatic nitrogens is 1. The summed E-state index contributed by atoms with van der Waals surface area (Å²) < 4.78 is 0. The van der Waals surface area contributed by atoms with Crippen molar-refractivity contribution in [3.05, 3.63) is 36.0 Å². The maximum atomic E-state index is 10.9. The van der Waals surface area contributed by atoms with Crippen LogP contribution in [0.1, 0.15) is 18.4 Å². The number of benzene rings is 1. The highest BCUT2D eigenvalue weighted by molar-refractivity contribution is 5.83. The summed E-state index contributed by atoms with van der Waals surface area (Å²) in [6.45, 7) is 0.728. The molecule has 1 aromatic heterocycles. The molecule has 3 rings (SSSR count). The van der Waals surface area contributed by atoms with Crippen LogP contribution in [-0.2, 0) is 5.60 Å². The molecule has 0 atom stereocenters. The number of aromatic amines is 1. The van der Waals surface area contributed by atoms with Crippen molar-refractivity contribution in [3.8, 4) is 0 Å². The fraction of sp³-hybridized carbons (Fsp3) is 0.357. The molecule has 19 heavy (non-hydrogen) atoms. The van der Waals surface area contributed by atoms with Gasteiger partial charge in [-0.05, 0) is 24.3 Å². The van der Waals surface area contributed by atoms with E-state index in [1.165, 1.54) is 4.90 Å². The SMILES string of the molecule is O=C(O)N1CCC(O)(c2cccc3cc[nH]c23)CC1. The molecule has 1 saturated heterocycles. The minimum Gasteiger partial charge on any atom is -0.465 e. The fourth-order valence-corrected chi connectivity index (χ4v) is 2.81. The molecule has 5 heteroatoms. The zero-order valence-electron chi connectivity index (χ0n) is 10.5. The normalized spacial score (nSPS) is 18.7. The van der Waals surface area contributed by atoms with Crippen molar-refractivity contribution in [3.63, 3.8) is 0 Å². The Hall–Kier alpha value is -2.01. The van der Waals surface area contributed by atoms with Gasteiger partial charge in [0.05, 0.1) is 11.1 Å². The average Bonchev–Trinajstić information content (AvgIpc) is 2.87. The molecule has 2 heterocycles. The van der Waals surface area contributed by atoms with Crippen LogP contribution in [0, 0.1) is 0 Å². The van der Waals surface area contributed by atoms with Gasteiger partial charge in [0, 0.05) is 24.8 Å². The van der Waals surface area contributed by atoms with Crippen LogP contribution in [0.2, 0.25) is 0 Å². The number of hydrogen-bond acceptors (Lipinski definition) is 2. The van der Waals surface area contributed by atoms with E-state index in [-0.39, 0.29) is 0 Å². The van der Waals surface area contributed by atoms with E-state index in [9.17, 15) is 9.90 Å². The van der Waals surface area contributed by atoms with Crippen molar-refractivity contribution in [1.29, 1.82) is 0 Å². The zero-order valence-corrected chi connectivity index (χ0v) is 10.5. The van der Waals surface area contributed by atoms with Crippen LogP contribution < -0.4 is 0 Å². The fourth-order valence-electron chi connectivity index (χ4n) is 2.81. The molecule has 3 N–H and O–H groups in total. The topological polar surface area (TPSA) is 76.6 Å². The van der Waals surface area contributed by atoms with Gasteiger partial charge >= 0.3 is 6.09 Å². The molecule has 0 spiro atoms. The molecule has 100 valence electrons. The number of fused-ring (bicyclic) bond motifs is 1. The van der Waals surface area contributed by atoms with E-state index in [1.54, 1.807) is 0 Å². The van der Waals surface area contributed by atoms with Crippen LogP contribution in [0.4, 0.5) is 4.79 Å². The molecule has 1 aliphatic heterocycles. The van der Waals surface area contributed by atoms with Crippen LogP contribution in [0.3, 0.4) is 0 Å². The number of likely N-dealkylation sites (tertiary alicyclic amines) is 1. The maximum Gasteiger partial charge on any atom is 0.407 e. The third-order valence-electron chi connectivity index (χ3n) is 3.95. The molecular weight excluding hydrogens is 244 g/mol. The van der Waals surface area contributed by atoms with Crippen molar-refractivity contribution >= 4 is 17.0 Å². The summed E-state index contributed by atoms with van der Waals surface area (Å²) in [6.07, 6.45) is 1.79. The Labute approximate surface area is 110 Å². The van der Waals surface area contributed by atoms with Crippen molar-refractivity contribution in [1.82, 2.24) is 9.88 Å². The molecular formula is C14H16N2O3. The standard InChI is InChI=1S/C14H16N2O3/c17-13(18)16-8-5-14(19,6-9-16)11-3-1-2-10-4-7-15-12(10)11/h1-4,7,15,19H,5-6,8-9H2,(H,17,18). The lowest BCUT2D eigenvalue weighted by molar-refractivity contribution is -0.0202. The minimum atomic E-state index is -0.948. The van der Waals surface area contributed by atoms with Crippen LogP contribution >= 0.6 is 0 Å². The summed E-state index contributed by atoms with van der Waals surface area (Å²) in [5, 5.41) is 20.8. The predicted molar refractivity (Wildman–Crippen MR) is 71.0 cm³/mol. The average molecular weight is 260 g/mol. The summed E-state index contributed by atoms with van der Waals surface area (Å²) >= 11 is 0. The molecule has 5 nitrogen and oxygen atoms in total. The Balaban J connectivity index is 1.94. The maximum absolute atomic E-state index is 10.9. The number of nitrogens with zero attached hydrogens (tertiary/aromatic N) is 1. The van der Waals surface area contributed by atoms with Gasteiger partial charge < -0.3 is 20.1 Å². The zero-order chi connectivity index (χ0) is 13.5. The van der Waals surface area contributed by atoms with Crippen molar-refractivity contribution in [2.75, 3.05) is 13.1 Å². The first-order chi connectivity index (χ1) is 9.10. The van der Waals surface area contributed by atoms with E-state index in [0.29, 0.717) is 25.9 Å². The van der Waals surface area contributed by atoms with Gasteiger partial charge in [-0.2, -0.15) is 0 Å². The second kappa shape index (κ2) is 4.28. The van der Waals surface area contributed by atoms with Gasteiger partial charge in [0.25, 0.3) is 0 Å². The molecule has 0 unspecified atom stereocenters. The quantitative estimate of drug-likeness (QED) is 0.735. The van der Waals surface area contributed by atoms with Gasteiger partial charge in [-0.1, -0.05) is 18.2 Å². The smallest absolute Gasteiger partial charge is 0.407 e. The van der Waals surface area contributed by atoms with Crippen LogP contribution in [0.25, 0.3) is 10.9 Å². The van der Waals surface area contributed by atoms with E-state index in [2.05, 4.69) is 4.98 Å². The minimum absolute atomic E-state index is 0.364. The molecule has 0 radical (unpaired) electrons. The summed E-state index contributed by atoms with van der Waals surface area (Å²) in [5.41, 5.74) is 0.852. The van der Waals surface area contributed by atoms with E-state index in [0.717, 1.165) is 16.5 Å². The van der Waals surface area contributed by atoms with E-state index < -0.39 is 11.7 Å². The van der Waals surface area contributed by atoms with Crippen LogP contribution in [-0.4, -0.2) is 39.3 Å². The van der Waals surface area contributed by atoms with E-state index in [4.69, 9.17) is 5.11 Å². The Morgan fingerprint density at radius 1 is 1.26 bits per heavy atom.